The zero-order valence-electron chi connectivity index (χ0n) is 17.1. The number of para-hydroxylation sites is 2. The number of rotatable bonds is 5. The van der Waals surface area contributed by atoms with Crippen LogP contribution >= 0.6 is 0 Å². The minimum Gasteiger partial charge on any atom is -0.377 e. The molecule has 32 heavy (non-hydrogen) atoms. The summed E-state index contributed by atoms with van der Waals surface area (Å²) in [6, 6.07) is 16.1. The summed E-state index contributed by atoms with van der Waals surface area (Å²) in [6.45, 7) is 3.52. The van der Waals surface area contributed by atoms with Gasteiger partial charge in [-0.1, -0.05) is 24.3 Å². The molecule has 10 heteroatoms. The number of nitrogens with zero attached hydrogens (tertiary/aromatic N) is 3. The van der Waals surface area contributed by atoms with E-state index in [1.54, 1.807) is 19.1 Å². The Balaban J connectivity index is 1.82. The number of fused-ring (bicyclic) bond motifs is 1. The summed E-state index contributed by atoms with van der Waals surface area (Å²) in [6.07, 6.45) is 0. The lowest BCUT2D eigenvalue weighted by molar-refractivity contribution is -0.384. The molecule has 0 aliphatic rings. The lowest BCUT2D eigenvalue weighted by Gasteiger charge is -2.14. The summed E-state index contributed by atoms with van der Waals surface area (Å²) in [5.74, 6) is 0.249. The minimum atomic E-state index is -4.31. The Labute approximate surface area is 182 Å². The lowest BCUT2D eigenvalue weighted by atomic mass is 10.1. The van der Waals surface area contributed by atoms with Crippen molar-refractivity contribution in [2.24, 2.45) is 0 Å². The van der Waals surface area contributed by atoms with Gasteiger partial charge in [0.25, 0.3) is 11.2 Å². The number of benzene rings is 3. The van der Waals surface area contributed by atoms with E-state index in [9.17, 15) is 23.3 Å². The fourth-order valence-corrected chi connectivity index (χ4v) is 4.29. The standard InChI is InChI=1S/C22H17N3O6S/c1-14-6-3-4-8-19(14)24-15(2)23-21-18(22(24)26)7-5-9-20(21)31-32(29,30)17-12-10-16(11-13-17)25(27)28/h3-13H,1-2H3. The van der Waals surface area contributed by atoms with Crippen LogP contribution in [0.5, 0.6) is 5.75 Å². The van der Waals surface area contributed by atoms with Crippen LogP contribution in [0, 0.1) is 24.0 Å². The maximum Gasteiger partial charge on any atom is 0.339 e. The Morgan fingerprint density at radius 3 is 2.31 bits per heavy atom. The van der Waals surface area contributed by atoms with Crippen LogP contribution in [0.1, 0.15) is 11.4 Å². The number of aryl methyl sites for hydroxylation is 2. The van der Waals surface area contributed by atoms with Crippen molar-refractivity contribution in [2.75, 3.05) is 0 Å². The second-order valence-electron chi connectivity index (χ2n) is 7.03. The van der Waals surface area contributed by atoms with Crippen molar-refractivity contribution in [1.29, 1.82) is 0 Å². The zero-order valence-corrected chi connectivity index (χ0v) is 17.9. The average molecular weight is 451 g/mol. The Kier molecular flexibility index (Phi) is 5.23. The summed E-state index contributed by atoms with van der Waals surface area (Å²) in [5.41, 5.74) is 1.05. The van der Waals surface area contributed by atoms with Gasteiger partial charge in [0.1, 0.15) is 16.2 Å². The molecule has 0 spiro atoms. The molecule has 0 atom stereocenters. The maximum atomic E-state index is 13.2. The highest BCUT2D eigenvalue weighted by Crippen LogP contribution is 2.27. The molecule has 0 saturated carbocycles. The molecule has 4 rings (SSSR count). The van der Waals surface area contributed by atoms with E-state index in [0.717, 1.165) is 29.8 Å². The summed E-state index contributed by atoms with van der Waals surface area (Å²) >= 11 is 0. The van der Waals surface area contributed by atoms with Gasteiger partial charge in [-0.3, -0.25) is 19.5 Å². The molecule has 0 bridgehead atoms. The maximum absolute atomic E-state index is 13.2. The van der Waals surface area contributed by atoms with Crippen LogP contribution in [0.4, 0.5) is 5.69 Å². The molecule has 0 radical (unpaired) electrons. The number of nitro groups is 1. The van der Waals surface area contributed by atoms with E-state index in [1.807, 2.05) is 25.1 Å². The molecule has 1 aromatic heterocycles. The molecule has 1 heterocycles. The van der Waals surface area contributed by atoms with Crippen LogP contribution in [0.25, 0.3) is 16.6 Å². The molecular weight excluding hydrogens is 434 g/mol. The topological polar surface area (TPSA) is 121 Å². The quantitative estimate of drug-likeness (QED) is 0.258. The third-order valence-electron chi connectivity index (χ3n) is 4.92. The SMILES string of the molecule is Cc1ccccc1-n1c(C)nc2c(OS(=O)(=O)c3ccc([N+](=O)[O-])cc3)cccc2c1=O. The van der Waals surface area contributed by atoms with Crippen LogP contribution in [-0.4, -0.2) is 22.9 Å². The molecule has 0 N–H and O–H groups in total. The van der Waals surface area contributed by atoms with Gasteiger partial charge < -0.3 is 4.18 Å². The molecular formula is C22H17N3O6S. The van der Waals surface area contributed by atoms with Crippen molar-refractivity contribution in [3.63, 3.8) is 0 Å². The number of hydrogen-bond acceptors (Lipinski definition) is 7. The van der Waals surface area contributed by atoms with Gasteiger partial charge in [0.15, 0.2) is 5.75 Å². The summed E-state index contributed by atoms with van der Waals surface area (Å²) in [4.78, 5) is 27.6. The van der Waals surface area contributed by atoms with Crippen LogP contribution in [0.15, 0.2) is 76.4 Å². The van der Waals surface area contributed by atoms with Crippen molar-refractivity contribution in [3.8, 4) is 11.4 Å². The van der Waals surface area contributed by atoms with Crippen molar-refractivity contribution < 1.29 is 17.5 Å². The highest BCUT2D eigenvalue weighted by Gasteiger charge is 2.21. The fraction of sp³-hybridized carbons (Fsp3) is 0.0909. The fourth-order valence-electron chi connectivity index (χ4n) is 3.36. The predicted octanol–water partition coefficient (Wildman–Crippen LogP) is 3.68. The van der Waals surface area contributed by atoms with Gasteiger partial charge >= 0.3 is 10.1 Å². The van der Waals surface area contributed by atoms with E-state index >= 15 is 0 Å². The Hall–Kier alpha value is -4.05. The first kappa shape index (κ1) is 21.2. The van der Waals surface area contributed by atoms with E-state index in [1.165, 1.54) is 16.7 Å². The molecule has 4 aromatic rings. The Morgan fingerprint density at radius 1 is 0.969 bits per heavy atom. The lowest BCUT2D eigenvalue weighted by Crippen LogP contribution is -2.23. The van der Waals surface area contributed by atoms with E-state index in [-0.39, 0.29) is 32.8 Å². The first-order valence-electron chi connectivity index (χ1n) is 9.46. The molecule has 0 aliphatic heterocycles. The van der Waals surface area contributed by atoms with Crippen molar-refractivity contribution in [2.45, 2.75) is 18.7 Å². The van der Waals surface area contributed by atoms with Gasteiger partial charge in [0.05, 0.1) is 16.0 Å². The van der Waals surface area contributed by atoms with E-state index in [2.05, 4.69) is 4.98 Å². The largest absolute Gasteiger partial charge is 0.377 e. The van der Waals surface area contributed by atoms with Crippen LogP contribution < -0.4 is 9.74 Å². The second kappa shape index (κ2) is 7.89. The van der Waals surface area contributed by atoms with E-state index in [0.29, 0.717) is 11.5 Å². The van der Waals surface area contributed by atoms with Gasteiger partial charge in [0.2, 0.25) is 0 Å². The third kappa shape index (κ3) is 3.71. The second-order valence-corrected chi connectivity index (χ2v) is 8.57. The first-order chi connectivity index (χ1) is 15.2. The third-order valence-corrected chi connectivity index (χ3v) is 6.17. The van der Waals surface area contributed by atoms with Gasteiger partial charge in [-0.25, -0.2) is 4.98 Å². The van der Waals surface area contributed by atoms with Gasteiger partial charge in [-0.15, -0.1) is 0 Å². The van der Waals surface area contributed by atoms with E-state index < -0.39 is 15.0 Å². The highest BCUT2D eigenvalue weighted by molar-refractivity contribution is 7.87. The van der Waals surface area contributed by atoms with E-state index in [4.69, 9.17) is 4.18 Å². The molecule has 0 aliphatic carbocycles. The molecule has 162 valence electrons. The van der Waals surface area contributed by atoms with Gasteiger partial charge in [0, 0.05) is 12.1 Å². The predicted molar refractivity (Wildman–Crippen MR) is 118 cm³/mol. The van der Waals surface area contributed by atoms with Crippen LogP contribution in [-0.2, 0) is 10.1 Å². The molecule has 9 nitrogen and oxygen atoms in total. The Bertz CT molecular complexity index is 1530. The van der Waals surface area contributed by atoms with Crippen molar-refractivity contribution in [3.05, 3.63) is 98.6 Å². The number of non-ortho nitro benzene ring substituents is 1. The normalized spacial score (nSPS) is 11.4. The van der Waals surface area contributed by atoms with Crippen molar-refractivity contribution >= 4 is 26.7 Å². The summed E-state index contributed by atoms with van der Waals surface area (Å²) in [5, 5.41) is 11.0. The highest BCUT2D eigenvalue weighted by atomic mass is 32.2. The van der Waals surface area contributed by atoms with Crippen LogP contribution in [0.2, 0.25) is 0 Å². The van der Waals surface area contributed by atoms with Crippen molar-refractivity contribution in [1.82, 2.24) is 9.55 Å². The zero-order chi connectivity index (χ0) is 23.0. The summed E-state index contributed by atoms with van der Waals surface area (Å²) < 4.78 is 32.2. The van der Waals surface area contributed by atoms with Gasteiger partial charge in [-0.2, -0.15) is 8.42 Å². The smallest absolute Gasteiger partial charge is 0.339 e. The number of nitro benzene ring substituents is 1. The average Bonchev–Trinajstić information content (AvgIpc) is 2.75. The minimum absolute atomic E-state index is 0.102. The number of aromatic nitrogens is 2. The first-order valence-corrected chi connectivity index (χ1v) is 10.9. The van der Waals surface area contributed by atoms with Gasteiger partial charge in [-0.05, 0) is 49.7 Å². The molecule has 3 aromatic carbocycles. The molecule has 0 saturated heterocycles. The molecule has 0 unspecified atom stereocenters. The number of hydrogen-bond donors (Lipinski definition) is 0. The summed E-state index contributed by atoms with van der Waals surface area (Å²) in [7, 11) is -4.31. The molecule has 0 fully saturated rings. The monoisotopic (exact) mass is 451 g/mol. The Morgan fingerprint density at radius 2 is 1.66 bits per heavy atom. The molecule has 0 amide bonds. The van der Waals surface area contributed by atoms with Crippen LogP contribution in [0.3, 0.4) is 0 Å².